The lowest BCUT2D eigenvalue weighted by Gasteiger charge is -2.42. The van der Waals surface area contributed by atoms with Gasteiger partial charge in [-0.3, -0.25) is 9.59 Å². The van der Waals surface area contributed by atoms with E-state index in [1.807, 2.05) is 36.4 Å². The predicted octanol–water partition coefficient (Wildman–Crippen LogP) is 4.70. The van der Waals surface area contributed by atoms with Gasteiger partial charge in [0.2, 0.25) is 5.91 Å². The van der Waals surface area contributed by atoms with Crippen LogP contribution in [0.1, 0.15) is 67.3 Å². The van der Waals surface area contributed by atoms with E-state index in [4.69, 9.17) is 0 Å². The Labute approximate surface area is 179 Å². The maximum absolute atomic E-state index is 13.9. The molecule has 2 aliphatic rings. The van der Waals surface area contributed by atoms with Crippen molar-refractivity contribution in [3.05, 3.63) is 71.8 Å². The molecule has 2 amide bonds. The number of amides is 2. The van der Waals surface area contributed by atoms with Crippen molar-refractivity contribution in [2.45, 2.75) is 62.8 Å². The first-order chi connectivity index (χ1) is 14.7. The van der Waals surface area contributed by atoms with Gasteiger partial charge in [0.25, 0.3) is 5.91 Å². The summed E-state index contributed by atoms with van der Waals surface area (Å²) in [7, 11) is 0. The summed E-state index contributed by atoms with van der Waals surface area (Å²) >= 11 is 0. The highest BCUT2D eigenvalue weighted by Crippen LogP contribution is 2.43. The molecule has 4 heteroatoms. The first kappa shape index (κ1) is 20.6. The van der Waals surface area contributed by atoms with Crippen molar-refractivity contribution < 1.29 is 9.59 Å². The molecule has 2 fully saturated rings. The van der Waals surface area contributed by atoms with Crippen LogP contribution in [0.3, 0.4) is 0 Å². The van der Waals surface area contributed by atoms with E-state index in [1.165, 1.54) is 5.56 Å². The molecule has 158 valence electrons. The molecule has 1 saturated carbocycles. The van der Waals surface area contributed by atoms with E-state index in [1.54, 1.807) is 0 Å². The number of carbonyl (C=O) groups is 2. The largest absolute Gasteiger partial charge is 0.352 e. The van der Waals surface area contributed by atoms with E-state index in [0.29, 0.717) is 18.0 Å². The lowest BCUT2D eigenvalue weighted by Crippen LogP contribution is -2.52. The van der Waals surface area contributed by atoms with Crippen LogP contribution >= 0.6 is 0 Å². The Morgan fingerprint density at radius 1 is 0.900 bits per heavy atom. The Hall–Kier alpha value is -2.62. The van der Waals surface area contributed by atoms with Crippen molar-refractivity contribution in [1.29, 1.82) is 0 Å². The smallest absolute Gasteiger partial charge is 0.251 e. The van der Waals surface area contributed by atoms with E-state index in [-0.39, 0.29) is 17.4 Å². The molecule has 0 radical (unpaired) electrons. The van der Waals surface area contributed by atoms with Crippen LogP contribution in [0.2, 0.25) is 0 Å². The fourth-order valence-electron chi connectivity index (χ4n) is 5.25. The van der Waals surface area contributed by atoms with E-state index in [0.717, 1.165) is 57.9 Å². The molecule has 30 heavy (non-hydrogen) atoms. The van der Waals surface area contributed by atoms with Crippen molar-refractivity contribution in [3.8, 4) is 0 Å². The average molecular weight is 405 g/mol. The molecule has 0 bridgehead atoms. The number of benzene rings is 2. The third-order valence-corrected chi connectivity index (χ3v) is 6.88. The third kappa shape index (κ3) is 4.28. The van der Waals surface area contributed by atoms with Crippen LogP contribution in [0.25, 0.3) is 0 Å². The molecule has 0 unspecified atom stereocenters. The maximum atomic E-state index is 13.9. The average Bonchev–Trinajstić information content (AvgIpc) is 3.31. The zero-order chi connectivity index (χ0) is 20.8. The van der Waals surface area contributed by atoms with Crippen molar-refractivity contribution in [1.82, 2.24) is 10.2 Å². The van der Waals surface area contributed by atoms with Crippen LogP contribution in [0.5, 0.6) is 0 Å². The van der Waals surface area contributed by atoms with Gasteiger partial charge < -0.3 is 10.2 Å². The van der Waals surface area contributed by atoms with Gasteiger partial charge in [0.1, 0.15) is 0 Å². The Kier molecular flexibility index (Phi) is 6.51. The number of hydrogen-bond acceptors (Lipinski definition) is 2. The molecule has 2 aromatic rings. The molecule has 1 aliphatic heterocycles. The van der Waals surface area contributed by atoms with Crippen LogP contribution < -0.4 is 5.32 Å². The summed E-state index contributed by atoms with van der Waals surface area (Å²) in [6.07, 6.45) is 8.20. The van der Waals surface area contributed by atoms with Gasteiger partial charge >= 0.3 is 0 Å². The van der Waals surface area contributed by atoms with Gasteiger partial charge in [-0.05, 0) is 56.2 Å². The Morgan fingerprint density at radius 2 is 1.57 bits per heavy atom. The highest BCUT2D eigenvalue weighted by atomic mass is 16.2. The van der Waals surface area contributed by atoms with Crippen LogP contribution in [0.4, 0.5) is 0 Å². The molecule has 4 rings (SSSR count). The molecule has 1 saturated heterocycles. The van der Waals surface area contributed by atoms with Gasteiger partial charge in [0.05, 0.1) is 5.41 Å². The van der Waals surface area contributed by atoms with Crippen molar-refractivity contribution in [2.24, 2.45) is 0 Å². The second-order valence-corrected chi connectivity index (χ2v) is 8.71. The van der Waals surface area contributed by atoms with Crippen molar-refractivity contribution >= 4 is 11.8 Å². The monoisotopic (exact) mass is 404 g/mol. The van der Waals surface area contributed by atoms with Crippen LogP contribution in [0.15, 0.2) is 60.7 Å². The van der Waals surface area contributed by atoms with Gasteiger partial charge in [-0.25, -0.2) is 0 Å². The zero-order valence-electron chi connectivity index (χ0n) is 17.7. The topological polar surface area (TPSA) is 49.4 Å². The summed E-state index contributed by atoms with van der Waals surface area (Å²) in [5.74, 6) is 0.270. The number of piperidine rings is 1. The maximum Gasteiger partial charge on any atom is 0.251 e. The summed E-state index contributed by atoms with van der Waals surface area (Å²) in [5, 5.41) is 3.04. The molecular weight excluding hydrogens is 372 g/mol. The minimum Gasteiger partial charge on any atom is -0.352 e. The quantitative estimate of drug-likeness (QED) is 0.759. The minimum atomic E-state index is -0.357. The highest BCUT2D eigenvalue weighted by Gasteiger charge is 2.46. The Morgan fingerprint density at radius 3 is 2.27 bits per heavy atom. The lowest BCUT2D eigenvalue weighted by molar-refractivity contribution is -0.141. The van der Waals surface area contributed by atoms with Crippen LogP contribution in [-0.2, 0) is 10.2 Å². The molecule has 1 aliphatic carbocycles. The number of rotatable bonds is 6. The normalized spacial score (nSPS) is 20.7. The first-order valence-corrected chi connectivity index (χ1v) is 11.4. The minimum absolute atomic E-state index is 0.0409. The molecular formula is C26H32N2O2. The number of nitrogens with zero attached hydrogens (tertiary/aromatic N) is 1. The molecule has 1 atom stereocenters. The van der Waals surface area contributed by atoms with Gasteiger partial charge in [0, 0.05) is 24.7 Å². The van der Waals surface area contributed by atoms with Gasteiger partial charge in [-0.2, -0.15) is 0 Å². The molecule has 4 nitrogen and oxygen atoms in total. The van der Waals surface area contributed by atoms with Crippen molar-refractivity contribution in [2.75, 3.05) is 13.1 Å². The molecule has 1 heterocycles. The zero-order valence-corrected chi connectivity index (χ0v) is 17.7. The Bertz CT molecular complexity index is 844. The number of hydrogen-bond donors (Lipinski definition) is 1. The number of carbonyl (C=O) groups excluding carboxylic acids is 2. The summed E-state index contributed by atoms with van der Waals surface area (Å²) in [5.41, 5.74) is 1.50. The SMILES string of the molecule is O=C(NCC[C@H]1CCCCN1C(=O)C1(c2ccccc2)CCCC1)c1ccccc1. The van der Waals surface area contributed by atoms with Gasteiger partial charge in [0.15, 0.2) is 0 Å². The van der Waals surface area contributed by atoms with Gasteiger partial charge in [-0.15, -0.1) is 0 Å². The standard InChI is InChI=1S/C26H32N2O2/c29-24(21-11-3-1-4-12-21)27-19-16-23-15-7-10-20-28(23)25(30)26(17-8-9-18-26)22-13-5-2-6-14-22/h1-6,11-14,23H,7-10,15-20H2,(H,27,29)/t23-/m1/s1. The molecule has 1 N–H and O–H groups in total. The summed E-state index contributed by atoms with van der Waals surface area (Å²) in [6.45, 7) is 1.44. The van der Waals surface area contributed by atoms with Crippen LogP contribution in [-0.4, -0.2) is 35.8 Å². The first-order valence-electron chi connectivity index (χ1n) is 11.4. The third-order valence-electron chi connectivity index (χ3n) is 6.88. The fourth-order valence-corrected chi connectivity index (χ4v) is 5.25. The Balaban J connectivity index is 1.44. The lowest BCUT2D eigenvalue weighted by atomic mass is 9.76. The van der Waals surface area contributed by atoms with Crippen LogP contribution in [0, 0.1) is 0 Å². The fraction of sp³-hybridized carbons (Fsp3) is 0.462. The van der Waals surface area contributed by atoms with E-state index >= 15 is 0 Å². The molecule has 2 aromatic carbocycles. The van der Waals surface area contributed by atoms with E-state index in [9.17, 15) is 9.59 Å². The summed E-state index contributed by atoms with van der Waals surface area (Å²) in [6, 6.07) is 19.9. The highest BCUT2D eigenvalue weighted by molar-refractivity contribution is 5.94. The summed E-state index contributed by atoms with van der Waals surface area (Å²) in [4.78, 5) is 28.4. The number of nitrogens with one attached hydrogen (secondary N) is 1. The second-order valence-electron chi connectivity index (χ2n) is 8.71. The second kappa shape index (κ2) is 9.46. The molecule has 0 aromatic heterocycles. The van der Waals surface area contributed by atoms with Gasteiger partial charge in [-0.1, -0.05) is 61.4 Å². The summed E-state index contributed by atoms with van der Waals surface area (Å²) < 4.78 is 0. The van der Waals surface area contributed by atoms with E-state index in [2.05, 4.69) is 34.5 Å². The number of likely N-dealkylation sites (tertiary alicyclic amines) is 1. The van der Waals surface area contributed by atoms with Crippen molar-refractivity contribution in [3.63, 3.8) is 0 Å². The predicted molar refractivity (Wildman–Crippen MR) is 119 cm³/mol. The molecule has 0 spiro atoms. The van der Waals surface area contributed by atoms with E-state index < -0.39 is 0 Å².